The minimum atomic E-state index is -0.478. The van der Waals surface area contributed by atoms with E-state index in [4.69, 9.17) is 5.73 Å². The summed E-state index contributed by atoms with van der Waals surface area (Å²) < 4.78 is 0. The van der Waals surface area contributed by atoms with Gasteiger partial charge in [-0.1, -0.05) is 23.5 Å². The highest BCUT2D eigenvalue weighted by Gasteiger charge is 2.25. The lowest BCUT2D eigenvalue weighted by Gasteiger charge is -2.34. The highest BCUT2D eigenvalue weighted by molar-refractivity contribution is 7.17. The zero-order chi connectivity index (χ0) is 19.7. The average Bonchev–Trinajstić information content (AvgIpc) is 3.19. The third-order valence-electron chi connectivity index (χ3n) is 4.69. The van der Waals surface area contributed by atoms with Crippen molar-refractivity contribution in [3.8, 4) is 0 Å². The summed E-state index contributed by atoms with van der Waals surface area (Å²) in [5.74, 6) is 0.961. The van der Waals surface area contributed by atoms with E-state index in [1.54, 1.807) is 4.90 Å². The van der Waals surface area contributed by atoms with Crippen LogP contribution in [0, 0.1) is 10.1 Å². The van der Waals surface area contributed by atoms with Gasteiger partial charge in [-0.3, -0.25) is 19.8 Å². The maximum atomic E-state index is 12.5. The second-order valence-electron chi connectivity index (χ2n) is 6.51. The van der Waals surface area contributed by atoms with Crippen molar-refractivity contribution >= 4 is 39.0 Å². The fraction of sp³-hybridized carbons (Fsp3) is 0.278. The number of fused-ring (bicyclic) bond motifs is 1. The summed E-state index contributed by atoms with van der Waals surface area (Å²) in [7, 11) is 0. The number of benzene rings is 1. The number of para-hydroxylation sites is 1. The molecule has 1 aromatic carbocycles. The van der Waals surface area contributed by atoms with E-state index < -0.39 is 4.92 Å². The third-order valence-corrected chi connectivity index (χ3v) is 5.71. The molecule has 0 radical (unpaired) electrons. The molecule has 28 heavy (non-hydrogen) atoms. The van der Waals surface area contributed by atoms with Gasteiger partial charge in [0, 0.05) is 37.6 Å². The number of amides is 1. The van der Waals surface area contributed by atoms with Crippen molar-refractivity contribution in [2.75, 3.05) is 31.9 Å². The summed E-state index contributed by atoms with van der Waals surface area (Å²) in [6.07, 6.45) is 0. The Balaban J connectivity index is 1.39. The van der Waals surface area contributed by atoms with Gasteiger partial charge in [-0.15, -0.1) is 0 Å². The number of nitrogens with two attached hydrogens (primary N) is 1. The summed E-state index contributed by atoms with van der Waals surface area (Å²) in [5, 5.41) is 11.6. The number of anilines is 1. The summed E-state index contributed by atoms with van der Waals surface area (Å²) in [4.78, 5) is 36.1. The van der Waals surface area contributed by atoms with Crippen molar-refractivity contribution in [2.45, 2.75) is 6.54 Å². The minimum Gasteiger partial charge on any atom is -0.383 e. The van der Waals surface area contributed by atoms with E-state index in [-0.39, 0.29) is 10.9 Å². The molecule has 2 aromatic heterocycles. The number of hydrogen-bond donors (Lipinski definition) is 1. The quantitative estimate of drug-likeness (QED) is 0.528. The van der Waals surface area contributed by atoms with E-state index in [1.807, 2.05) is 24.3 Å². The van der Waals surface area contributed by atoms with Gasteiger partial charge in [-0.25, -0.2) is 9.97 Å². The second kappa shape index (κ2) is 7.49. The van der Waals surface area contributed by atoms with Crippen LogP contribution in [-0.2, 0) is 6.54 Å². The molecule has 1 saturated heterocycles. The predicted octanol–water partition coefficient (Wildman–Crippen LogP) is 2.14. The first-order valence-corrected chi connectivity index (χ1v) is 9.60. The molecule has 1 fully saturated rings. The highest BCUT2D eigenvalue weighted by Crippen LogP contribution is 2.25. The van der Waals surface area contributed by atoms with Gasteiger partial charge < -0.3 is 10.6 Å². The number of hydrogen-bond acceptors (Lipinski definition) is 8. The number of nitro groups is 1. The first-order valence-electron chi connectivity index (χ1n) is 8.78. The number of carbonyl (C=O) groups excluding carboxylic acids is 1. The van der Waals surface area contributed by atoms with E-state index in [2.05, 4.69) is 14.9 Å². The SMILES string of the molecule is Nc1nc(CN2CCN(C(=O)c3ccc([N+](=O)[O-])s3)CC2)nc2ccccc12. The van der Waals surface area contributed by atoms with E-state index in [0.717, 1.165) is 22.2 Å². The Bertz CT molecular complexity index is 1040. The van der Waals surface area contributed by atoms with Crippen molar-refractivity contribution in [1.82, 2.24) is 19.8 Å². The smallest absolute Gasteiger partial charge is 0.324 e. The lowest BCUT2D eigenvalue weighted by Crippen LogP contribution is -2.48. The van der Waals surface area contributed by atoms with E-state index in [9.17, 15) is 14.9 Å². The van der Waals surface area contributed by atoms with Crippen LogP contribution in [0.2, 0.25) is 0 Å². The van der Waals surface area contributed by atoms with Crippen molar-refractivity contribution in [3.05, 3.63) is 57.2 Å². The topological polar surface area (TPSA) is 118 Å². The van der Waals surface area contributed by atoms with Gasteiger partial charge in [0.1, 0.15) is 11.6 Å². The largest absolute Gasteiger partial charge is 0.383 e. The van der Waals surface area contributed by atoms with E-state index >= 15 is 0 Å². The van der Waals surface area contributed by atoms with Crippen LogP contribution in [-0.4, -0.2) is 56.8 Å². The van der Waals surface area contributed by atoms with Gasteiger partial charge in [0.25, 0.3) is 5.91 Å². The van der Waals surface area contributed by atoms with Gasteiger partial charge in [-0.2, -0.15) is 0 Å². The molecule has 0 saturated carbocycles. The zero-order valence-corrected chi connectivity index (χ0v) is 15.8. The molecule has 3 heterocycles. The average molecular weight is 398 g/mol. The summed E-state index contributed by atoms with van der Waals surface area (Å²) in [5.41, 5.74) is 6.86. The van der Waals surface area contributed by atoms with Crippen molar-refractivity contribution in [1.29, 1.82) is 0 Å². The predicted molar refractivity (Wildman–Crippen MR) is 106 cm³/mol. The number of aromatic nitrogens is 2. The molecule has 0 unspecified atom stereocenters. The molecule has 144 valence electrons. The van der Waals surface area contributed by atoms with Crippen LogP contribution in [0.15, 0.2) is 36.4 Å². The Kier molecular flexibility index (Phi) is 4.88. The van der Waals surface area contributed by atoms with Gasteiger partial charge in [-0.05, 0) is 18.2 Å². The summed E-state index contributed by atoms with van der Waals surface area (Å²) in [6.45, 7) is 3.01. The number of thiophene rings is 1. The zero-order valence-electron chi connectivity index (χ0n) is 14.9. The number of rotatable bonds is 4. The lowest BCUT2D eigenvalue weighted by atomic mass is 10.2. The fourth-order valence-corrected chi connectivity index (χ4v) is 4.02. The maximum absolute atomic E-state index is 12.5. The Morgan fingerprint density at radius 2 is 1.89 bits per heavy atom. The molecule has 9 nitrogen and oxygen atoms in total. The molecule has 0 atom stereocenters. The van der Waals surface area contributed by atoms with Crippen LogP contribution < -0.4 is 5.73 Å². The standard InChI is InChI=1S/C18H18N6O3S/c19-17-12-3-1-2-4-13(12)20-15(21-17)11-22-7-9-23(10-8-22)18(25)14-5-6-16(28-14)24(26)27/h1-6H,7-11H2,(H2,19,20,21). The first-order chi connectivity index (χ1) is 13.5. The van der Waals surface area contributed by atoms with E-state index in [1.165, 1.54) is 12.1 Å². The molecule has 1 aliphatic heterocycles. The first kappa shape index (κ1) is 18.3. The van der Waals surface area contributed by atoms with Crippen LogP contribution in [0.25, 0.3) is 10.9 Å². The summed E-state index contributed by atoms with van der Waals surface area (Å²) in [6, 6.07) is 10.5. The van der Waals surface area contributed by atoms with Crippen LogP contribution in [0.4, 0.5) is 10.8 Å². The molecular weight excluding hydrogens is 380 g/mol. The molecule has 0 aliphatic carbocycles. The van der Waals surface area contributed by atoms with Crippen LogP contribution in [0.3, 0.4) is 0 Å². The van der Waals surface area contributed by atoms with Crippen LogP contribution in [0.1, 0.15) is 15.5 Å². The number of nitrogen functional groups attached to an aromatic ring is 1. The Morgan fingerprint density at radius 1 is 1.14 bits per heavy atom. The minimum absolute atomic E-state index is 0.0203. The van der Waals surface area contributed by atoms with Crippen molar-refractivity contribution in [3.63, 3.8) is 0 Å². The highest BCUT2D eigenvalue weighted by atomic mass is 32.1. The molecule has 2 N–H and O–H groups in total. The van der Waals surface area contributed by atoms with Gasteiger partial charge >= 0.3 is 5.00 Å². The molecule has 3 aromatic rings. The molecular formula is C18H18N6O3S. The molecule has 0 bridgehead atoms. The number of nitrogens with zero attached hydrogens (tertiary/aromatic N) is 5. The molecule has 10 heteroatoms. The molecule has 4 rings (SSSR count). The van der Waals surface area contributed by atoms with Gasteiger partial charge in [0.05, 0.1) is 21.9 Å². The van der Waals surface area contributed by atoms with Crippen molar-refractivity contribution < 1.29 is 9.72 Å². The van der Waals surface area contributed by atoms with Crippen LogP contribution >= 0.6 is 11.3 Å². The molecule has 1 aliphatic rings. The van der Waals surface area contributed by atoms with E-state index in [0.29, 0.717) is 49.2 Å². The number of piperazine rings is 1. The van der Waals surface area contributed by atoms with Gasteiger partial charge in [0.15, 0.2) is 0 Å². The number of carbonyl (C=O) groups is 1. The maximum Gasteiger partial charge on any atom is 0.324 e. The van der Waals surface area contributed by atoms with Crippen LogP contribution in [0.5, 0.6) is 0 Å². The Morgan fingerprint density at radius 3 is 2.61 bits per heavy atom. The molecule has 1 amide bonds. The third kappa shape index (κ3) is 3.64. The second-order valence-corrected chi connectivity index (χ2v) is 7.57. The Hall–Kier alpha value is -3.11. The lowest BCUT2D eigenvalue weighted by molar-refractivity contribution is -0.380. The summed E-state index contributed by atoms with van der Waals surface area (Å²) >= 11 is 0.911. The van der Waals surface area contributed by atoms with Gasteiger partial charge in [0.2, 0.25) is 0 Å². The monoisotopic (exact) mass is 398 g/mol. The fourth-order valence-electron chi connectivity index (χ4n) is 3.23. The van der Waals surface area contributed by atoms with Crippen molar-refractivity contribution in [2.24, 2.45) is 0 Å². The Labute approximate surface area is 164 Å². The molecule has 0 spiro atoms. The normalized spacial score (nSPS) is 15.1.